The van der Waals surface area contributed by atoms with E-state index in [1.165, 1.54) is 51.4 Å². The van der Waals surface area contributed by atoms with Gasteiger partial charge in [0, 0.05) is 0 Å². The molecule has 0 heterocycles. The van der Waals surface area contributed by atoms with Gasteiger partial charge in [-0.15, -0.1) is 0 Å². The minimum absolute atomic E-state index is 0.335. The smallest absolute Gasteiger partial charge is 0.338 e. The van der Waals surface area contributed by atoms with Crippen molar-refractivity contribution in [2.45, 2.75) is 78.1 Å². The number of rotatable bonds is 14. The predicted octanol–water partition coefficient (Wildman–Crippen LogP) is 5.94. The normalized spacial score (nSPS) is 10.5. The molecule has 0 bridgehead atoms. The summed E-state index contributed by atoms with van der Waals surface area (Å²) in [5, 5.41) is 0. The second kappa shape index (κ2) is 14.3. The van der Waals surface area contributed by atoms with Crippen molar-refractivity contribution in [3.05, 3.63) is 35.4 Å². The first-order valence-corrected chi connectivity index (χ1v) is 10.1. The Morgan fingerprint density at radius 2 is 1.08 bits per heavy atom. The molecule has 1 rings (SSSR count). The Kier molecular flexibility index (Phi) is 12.2. The second-order valence-electron chi connectivity index (χ2n) is 6.62. The summed E-state index contributed by atoms with van der Waals surface area (Å²) in [6, 6.07) is 6.39. The van der Waals surface area contributed by atoms with E-state index in [1.807, 2.05) is 0 Å². The third kappa shape index (κ3) is 9.59. The molecular formula is C22H34O4. The first kappa shape index (κ1) is 22.2. The summed E-state index contributed by atoms with van der Waals surface area (Å²) >= 11 is 0. The maximum absolute atomic E-state index is 12.0. The van der Waals surface area contributed by atoms with Gasteiger partial charge in [0.2, 0.25) is 0 Å². The van der Waals surface area contributed by atoms with E-state index in [2.05, 4.69) is 6.92 Å². The summed E-state index contributed by atoms with van der Waals surface area (Å²) in [6.45, 7) is 4.79. The molecule has 0 aliphatic heterocycles. The van der Waals surface area contributed by atoms with Gasteiger partial charge in [-0.05, 0) is 37.6 Å². The first-order chi connectivity index (χ1) is 12.7. The van der Waals surface area contributed by atoms with Gasteiger partial charge in [-0.3, -0.25) is 0 Å². The van der Waals surface area contributed by atoms with E-state index in [0.717, 1.165) is 12.8 Å². The molecule has 0 spiro atoms. The molecule has 0 fully saturated rings. The summed E-state index contributed by atoms with van der Waals surface area (Å²) < 4.78 is 10.2. The third-order valence-corrected chi connectivity index (χ3v) is 4.36. The van der Waals surface area contributed by atoms with Gasteiger partial charge in [0.15, 0.2) is 0 Å². The van der Waals surface area contributed by atoms with Crippen molar-refractivity contribution >= 4 is 11.9 Å². The molecule has 0 N–H and O–H groups in total. The number of hydrogen-bond acceptors (Lipinski definition) is 4. The SMILES string of the molecule is CCCCCCCCCCCCOC(=O)c1ccc(C(=O)OCC)cc1. The molecule has 0 amide bonds. The summed E-state index contributed by atoms with van der Waals surface area (Å²) in [5.74, 6) is -0.714. The largest absolute Gasteiger partial charge is 0.462 e. The molecule has 146 valence electrons. The van der Waals surface area contributed by atoms with E-state index in [1.54, 1.807) is 31.2 Å². The predicted molar refractivity (Wildman–Crippen MR) is 105 cm³/mol. The molecule has 0 atom stereocenters. The average molecular weight is 363 g/mol. The molecule has 0 aliphatic rings. The first-order valence-electron chi connectivity index (χ1n) is 10.1. The highest BCUT2D eigenvalue weighted by Gasteiger charge is 2.10. The van der Waals surface area contributed by atoms with Crippen LogP contribution < -0.4 is 0 Å². The van der Waals surface area contributed by atoms with Crippen molar-refractivity contribution < 1.29 is 19.1 Å². The topological polar surface area (TPSA) is 52.6 Å². The van der Waals surface area contributed by atoms with E-state index in [4.69, 9.17) is 9.47 Å². The molecular weight excluding hydrogens is 328 g/mol. The van der Waals surface area contributed by atoms with E-state index in [0.29, 0.717) is 24.3 Å². The van der Waals surface area contributed by atoms with Crippen molar-refractivity contribution in [1.29, 1.82) is 0 Å². The van der Waals surface area contributed by atoms with Crippen molar-refractivity contribution in [3.63, 3.8) is 0 Å². The van der Waals surface area contributed by atoms with Crippen LogP contribution in [0.5, 0.6) is 0 Å². The zero-order chi connectivity index (χ0) is 19.0. The Morgan fingerprint density at radius 3 is 1.54 bits per heavy atom. The molecule has 0 unspecified atom stereocenters. The second-order valence-corrected chi connectivity index (χ2v) is 6.62. The summed E-state index contributed by atoms with van der Waals surface area (Å²) in [7, 11) is 0. The summed E-state index contributed by atoms with van der Waals surface area (Å²) in [4.78, 5) is 23.5. The zero-order valence-corrected chi connectivity index (χ0v) is 16.4. The number of benzene rings is 1. The summed E-state index contributed by atoms with van der Waals surface area (Å²) in [6.07, 6.45) is 12.5. The Bertz CT molecular complexity index is 507. The van der Waals surface area contributed by atoms with Crippen LogP contribution in [-0.2, 0) is 9.47 Å². The minimum Gasteiger partial charge on any atom is -0.462 e. The van der Waals surface area contributed by atoms with Crippen LogP contribution in [-0.4, -0.2) is 25.2 Å². The lowest BCUT2D eigenvalue weighted by molar-refractivity contribution is 0.0491. The quantitative estimate of drug-likeness (QED) is 0.303. The molecule has 4 heteroatoms. The lowest BCUT2D eigenvalue weighted by Gasteiger charge is -2.06. The van der Waals surface area contributed by atoms with Crippen LogP contribution in [0.15, 0.2) is 24.3 Å². The Morgan fingerprint density at radius 1 is 0.654 bits per heavy atom. The highest BCUT2D eigenvalue weighted by Crippen LogP contribution is 2.11. The highest BCUT2D eigenvalue weighted by molar-refractivity contribution is 5.93. The van der Waals surface area contributed by atoms with Crippen LogP contribution in [0.3, 0.4) is 0 Å². The molecule has 0 saturated carbocycles. The zero-order valence-electron chi connectivity index (χ0n) is 16.4. The van der Waals surface area contributed by atoms with Crippen molar-refractivity contribution in [2.75, 3.05) is 13.2 Å². The van der Waals surface area contributed by atoms with Crippen LogP contribution >= 0.6 is 0 Å². The van der Waals surface area contributed by atoms with Gasteiger partial charge in [-0.25, -0.2) is 9.59 Å². The van der Waals surface area contributed by atoms with Crippen LogP contribution in [0.4, 0.5) is 0 Å². The molecule has 0 radical (unpaired) electrons. The fourth-order valence-electron chi connectivity index (χ4n) is 2.79. The Labute approximate surface area is 158 Å². The summed E-state index contributed by atoms with van der Waals surface area (Å²) in [5.41, 5.74) is 0.906. The van der Waals surface area contributed by atoms with E-state index >= 15 is 0 Å². The van der Waals surface area contributed by atoms with Gasteiger partial charge in [0.25, 0.3) is 0 Å². The Balaban J connectivity index is 2.08. The van der Waals surface area contributed by atoms with Gasteiger partial charge >= 0.3 is 11.9 Å². The van der Waals surface area contributed by atoms with E-state index < -0.39 is 0 Å². The van der Waals surface area contributed by atoms with Gasteiger partial charge < -0.3 is 9.47 Å². The van der Waals surface area contributed by atoms with E-state index in [9.17, 15) is 9.59 Å². The molecule has 0 saturated heterocycles. The number of esters is 2. The monoisotopic (exact) mass is 362 g/mol. The number of carbonyl (C=O) groups is 2. The van der Waals surface area contributed by atoms with Crippen LogP contribution in [0.1, 0.15) is 98.8 Å². The molecule has 4 nitrogen and oxygen atoms in total. The third-order valence-electron chi connectivity index (χ3n) is 4.36. The lowest BCUT2D eigenvalue weighted by atomic mass is 10.1. The number of hydrogen-bond donors (Lipinski definition) is 0. The fraction of sp³-hybridized carbons (Fsp3) is 0.636. The van der Waals surface area contributed by atoms with Gasteiger partial charge in [-0.1, -0.05) is 64.7 Å². The van der Waals surface area contributed by atoms with Crippen LogP contribution in [0.25, 0.3) is 0 Å². The average Bonchev–Trinajstić information content (AvgIpc) is 2.66. The molecule has 0 aliphatic carbocycles. The van der Waals surface area contributed by atoms with Crippen molar-refractivity contribution in [2.24, 2.45) is 0 Å². The van der Waals surface area contributed by atoms with Crippen molar-refractivity contribution in [1.82, 2.24) is 0 Å². The van der Waals surface area contributed by atoms with Crippen molar-refractivity contribution in [3.8, 4) is 0 Å². The number of unbranched alkanes of at least 4 members (excludes halogenated alkanes) is 9. The van der Waals surface area contributed by atoms with Gasteiger partial charge in [0.1, 0.15) is 0 Å². The fourth-order valence-corrected chi connectivity index (χ4v) is 2.79. The van der Waals surface area contributed by atoms with Crippen LogP contribution in [0, 0.1) is 0 Å². The van der Waals surface area contributed by atoms with E-state index in [-0.39, 0.29) is 11.9 Å². The maximum atomic E-state index is 12.0. The molecule has 1 aromatic carbocycles. The van der Waals surface area contributed by atoms with Gasteiger partial charge in [0.05, 0.1) is 24.3 Å². The molecule has 26 heavy (non-hydrogen) atoms. The van der Waals surface area contributed by atoms with Crippen LogP contribution in [0.2, 0.25) is 0 Å². The van der Waals surface area contributed by atoms with Gasteiger partial charge in [-0.2, -0.15) is 0 Å². The molecule has 0 aromatic heterocycles. The Hall–Kier alpha value is -1.84. The molecule has 1 aromatic rings. The highest BCUT2D eigenvalue weighted by atomic mass is 16.5. The number of carbonyl (C=O) groups excluding carboxylic acids is 2. The minimum atomic E-state index is -0.377. The standard InChI is InChI=1S/C22H34O4/c1-3-5-6-7-8-9-10-11-12-13-18-26-22(24)20-16-14-19(15-17-20)21(23)25-4-2/h14-17H,3-13,18H2,1-2H3. The number of ether oxygens (including phenoxy) is 2. The lowest BCUT2D eigenvalue weighted by Crippen LogP contribution is -2.08. The maximum Gasteiger partial charge on any atom is 0.338 e.